The maximum Gasteiger partial charge on any atom is 0.237 e. The number of carbonyl (C=O) groups excluding carboxylic acids is 2. The van der Waals surface area contributed by atoms with Gasteiger partial charge in [-0.25, -0.2) is 0 Å². The van der Waals surface area contributed by atoms with E-state index in [0.29, 0.717) is 12.2 Å². The van der Waals surface area contributed by atoms with E-state index in [1.165, 1.54) is 5.56 Å². The van der Waals surface area contributed by atoms with E-state index >= 15 is 0 Å². The van der Waals surface area contributed by atoms with Crippen LogP contribution in [0.25, 0.3) is 0 Å². The number of carbonyl (C=O) groups is 2. The van der Waals surface area contributed by atoms with Crippen molar-refractivity contribution in [1.82, 2.24) is 0 Å². The molecule has 0 saturated carbocycles. The summed E-state index contributed by atoms with van der Waals surface area (Å²) >= 11 is 1.60. The molecule has 0 bridgehead atoms. The smallest absolute Gasteiger partial charge is 0.237 e. The third-order valence-corrected chi connectivity index (χ3v) is 5.72. The molecule has 1 atom stereocenters. The van der Waals surface area contributed by atoms with Gasteiger partial charge in [0.2, 0.25) is 11.8 Å². The molecule has 0 aliphatic carbocycles. The molecule has 5 heteroatoms. The van der Waals surface area contributed by atoms with Gasteiger partial charge in [-0.2, -0.15) is 11.8 Å². The number of rotatable bonds is 7. The molecule has 3 rings (SSSR count). The standard InChI is InChI=1S/C22H26N2O2S/c1-16-7-5-9-19(13-16)23-21(25)11-6-12-27-15-22(26)24-17(2)14-18-8-3-4-10-20(18)24/h3-5,7-10,13,17H,6,11-12,14-15H2,1-2H3,(H,23,25)/t17-/m1/s1. The van der Waals surface area contributed by atoms with Gasteiger partial charge in [-0.1, -0.05) is 30.3 Å². The largest absolute Gasteiger partial charge is 0.326 e. The Bertz CT molecular complexity index is 821. The molecule has 2 aromatic carbocycles. The molecule has 1 aliphatic heterocycles. The number of thioether (sulfide) groups is 1. The number of nitrogens with one attached hydrogen (secondary N) is 1. The lowest BCUT2D eigenvalue weighted by Crippen LogP contribution is -2.37. The first-order chi connectivity index (χ1) is 13.0. The highest BCUT2D eigenvalue weighted by molar-refractivity contribution is 7.99. The van der Waals surface area contributed by atoms with Crippen LogP contribution < -0.4 is 10.2 Å². The van der Waals surface area contributed by atoms with Crippen LogP contribution in [0.4, 0.5) is 11.4 Å². The fourth-order valence-electron chi connectivity index (χ4n) is 3.46. The summed E-state index contributed by atoms with van der Waals surface area (Å²) < 4.78 is 0. The molecule has 0 saturated heterocycles. The summed E-state index contributed by atoms with van der Waals surface area (Å²) in [5.41, 5.74) is 4.26. The van der Waals surface area contributed by atoms with Gasteiger partial charge in [0.15, 0.2) is 0 Å². The molecule has 2 aromatic rings. The van der Waals surface area contributed by atoms with Crippen molar-refractivity contribution >= 4 is 35.0 Å². The minimum absolute atomic E-state index is 0.0228. The molecule has 1 N–H and O–H groups in total. The van der Waals surface area contributed by atoms with E-state index in [9.17, 15) is 9.59 Å². The quantitative estimate of drug-likeness (QED) is 0.721. The van der Waals surface area contributed by atoms with Gasteiger partial charge in [0.1, 0.15) is 0 Å². The second-order valence-electron chi connectivity index (χ2n) is 7.02. The van der Waals surface area contributed by atoms with Crippen LogP contribution >= 0.6 is 11.8 Å². The lowest BCUT2D eigenvalue weighted by molar-refractivity contribution is -0.117. The van der Waals surface area contributed by atoms with Gasteiger partial charge in [-0.3, -0.25) is 9.59 Å². The summed E-state index contributed by atoms with van der Waals surface area (Å²) in [6.45, 7) is 4.10. The average molecular weight is 383 g/mol. The van der Waals surface area contributed by atoms with Crippen LogP contribution in [0.15, 0.2) is 48.5 Å². The Labute approximate surface area is 165 Å². The summed E-state index contributed by atoms with van der Waals surface area (Å²) in [5.74, 6) is 1.44. The molecule has 27 heavy (non-hydrogen) atoms. The number of hydrogen-bond donors (Lipinski definition) is 1. The lowest BCUT2D eigenvalue weighted by atomic mass is 10.1. The third kappa shape index (κ3) is 5.13. The van der Waals surface area contributed by atoms with Gasteiger partial charge in [0.25, 0.3) is 0 Å². The zero-order chi connectivity index (χ0) is 19.2. The fourth-order valence-corrected chi connectivity index (χ4v) is 4.26. The number of benzene rings is 2. The highest BCUT2D eigenvalue weighted by atomic mass is 32.2. The van der Waals surface area contributed by atoms with E-state index in [1.807, 2.05) is 54.3 Å². The number of fused-ring (bicyclic) bond motifs is 1. The number of hydrogen-bond acceptors (Lipinski definition) is 3. The number of nitrogens with zero attached hydrogens (tertiary/aromatic N) is 1. The zero-order valence-corrected chi connectivity index (χ0v) is 16.7. The van der Waals surface area contributed by atoms with E-state index in [4.69, 9.17) is 0 Å². The molecule has 0 fully saturated rings. The topological polar surface area (TPSA) is 49.4 Å². The van der Waals surface area contributed by atoms with Crippen molar-refractivity contribution in [1.29, 1.82) is 0 Å². The summed E-state index contributed by atoms with van der Waals surface area (Å²) in [7, 11) is 0. The minimum Gasteiger partial charge on any atom is -0.326 e. The normalized spacial score (nSPS) is 15.5. The molecule has 1 aliphatic rings. The van der Waals surface area contributed by atoms with Gasteiger partial charge in [-0.05, 0) is 61.8 Å². The molecule has 0 aromatic heterocycles. The Kier molecular flexibility index (Phi) is 6.56. The van der Waals surface area contributed by atoms with E-state index in [-0.39, 0.29) is 17.9 Å². The fraction of sp³-hybridized carbons (Fsp3) is 0.364. The zero-order valence-electron chi connectivity index (χ0n) is 15.9. The number of amides is 2. The average Bonchev–Trinajstić information content (AvgIpc) is 2.97. The minimum atomic E-state index is 0.0228. The van der Waals surface area contributed by atoms with Crippen LogP contribution in [0.2, 0.25) is 0 Å². The third-order valence-electron chi connectivity index (χ3n) is 4.70. The maximum atomic E-state index is 12.6. The van der Waals surface area contributed by atoms with Gasteiger partial charge in [0.05, 0.1) is 5.75 Å². The highest BCUT2D eigenvalue weighted by Crippen LogP contribution is 2.32. The Morgan fingerprint density at radius 1 is 1.19 bits per heavy atom. The van der Waals surface area contributed by atoms with Crippen molar-refractivity contribution in [2.75, 3.05) is 21.7 Å². The SMILES string of the molecule is Cc1cccc(NC(=O)CCCSCC(=O)N2c3ccccc3C[C@H]2C)c1. The van der Waals surface area contributed by atoms with Crippen LogP contribution in [0.1, 0.15) is 30.9 Å². The Morgan fingerprint density at radius 2 is 2.00 bits per heavy atom. The van der Waals surface area contributed by atoms with Crippen LogP contribution in [0.5, 0.6) is 0 Å². The molecule has 0 unspecified atom stereocenters. The number of aryl methyl sites for hydroxylation is 1. The Morgan fingerprint density at radius 3 is 2.81 bits per heavy atom. The molecule has 2 amide bonds. The van der Waals surface area contributed by atoms with Gasteiger partial charge >= 0.3 is 0 Å². The van der Waals surface area contributed by atoms with Crippen LogP contribution in [0, 0.1) is 6.92 Å². The van der Waals surface area contributed by atoms with Crippen LogP contribution in [-0.2, 0) is 16.0 Å². The van der Waals surface area contributed by atoms with Crippen molar-refractivity contribution in [3.05, 3.63) is 59.7 Å². The van der Waals surface area contributed by atoms with E-state index in [2.05, 4.69) is 18.3 Å². The van der Waals surface area contributed by atoms with Crippen LogP contribution in [-0.4, -0.2) is 29.4 Å². The van der Waals surface area contributed by atoms with E-state index in [1.54, 1.807) is 11.8 Å². The first-order valence-corrected chi connectivity index (χ1v) is 10.5. The predicted molar refractivity (Wildman–Crippen MR) is 113 cm³/mol. The van der Waals surface area contributed by atoms with Crippen molar-refractivity contribution in [3.63, 3.8) is 0 Å². The van der Waals surface area contributed by atoms with Gasteiger partial charge in [0, 0.05) is 23.8 Å². The number of anilines is 2. The second-order valence-corrected chi connectivity index (χ2v) is 8.12. The van der Waals surface area contributed by atoms with Gasteiger partial charge in [-0.15, -0.1) is 0 Å². The molecule has 0 spiro atoms. The van der Waals surface area contributed by atoms with Crippen molar-refractivity contribution < 1.29 is 9.59 Å². The second kappa shape index (κ2) is 9.09. The first-order valence-electron chi connectivity index (χ1n) is 9.39. The molecule has 142 valence electrons. The van der Waals surface area contributed by atoms with Gasteiger partial charge < -0.3 is 10.2 Å². The molecule has 1 heterocycles. The number of para-hydroxylation sites is 1. The van der Waals surface area contributed by atoms with Crippen molar-refractivity contribution in [3.8, 4) is 0 Å². The first kappa shape index (κ1) is 19.5. The summed E-state index contributed by atoms with van der Waals surface area (Å²) in [6.07, 6.45) is 2.16. The van der Waals surface area contributed by atoms with Crippen molar-refractivity contribution in [2.45, 2.75) is 39.2 Å². The van der Waals surface area contributed by atoms with E-state index < -0.39 is 0 Å². The lowest BCUT2D eigenvalue weighted by Gasteiger charge is -2.22. The molecular formula is C22H26N2O2S. The van der Waals surface area contributed by atoms with E-state index in [0.717, 1.165) is 35.5 Å². The van der Waals surface area contributed by atoms with Crippen molar-refractivity contribution in [2.24, 2.45) is 0 Å². The molecule has 4 nitrogen and oxygen atoms in total. The molecular weight excluding hydrogens is 356 g/mol. The predicted octanol–water partition coefficient (Wildman–Crippen LogP) is 4.42. The monoisotopic (exact) mass is 382 g/mol. The highest BCUT2D eigenvalue weighted by Gasteiger charge is 2.29. The Hall–Kier alpha value is -2.27. The van der Waals surface area contributed by atoms with Crippen LogP contribution in [0.3, 0.4) is 0 Å². The summed E-state index contributed by atoms with van der Waals surface area (Å²) in [4.78, 5) is 26.6. The maximum absolute atomic E-state index is 12.6. The summed E-state index contributed by atoms with van der Waals surface area (Å²) in [6, 6.07) is 16.1. The summed E-state index contributed by atoms with van der Waals surface area (Å²) in [5, 5.41) is 2.92. The Balaban J connectivity index is 1.38. The molecule has 0 radical (unpaired) electrons.